The summed E-state index contributed by atoms with van der Waals surface area (Å²) in [5.74, 6) is 1.04. The van der Waals surface area contributed by atoms with Crippen molar-refractivity contribution >= 4 is 34.5 Å². The maximum Gasteiger partial charge on any atom is 0.217 e. The highest BCUT2D eigenvalue weighted by Crippen LogP contribution is 2.36. The molecule has 0 fully saturated rings. The lowest BCUT2D eigenvalue weighted by Crippen LogP contribution is -2.24. The van der Waals surface area contributed by atoms with Crippen molar-refractivity contribution in [1.82, 2.24) is 24.8 Å². The van der Waals surface area contributed by atoms with E-state index >= 15 is 0 Å². The van der Waals surface area contributed by atoms with E-state index in [4.69, 9.17) is 22.3 Å². The van der Waals surface area contributed by atoms with Crippen LogP contribution in [0.1, 0.15) is 36.1 Å². The average Bonchev–Trinajstić information content (AvgIpc) is 3.30. The minimum absolute atomic E-state index is 0.0221. The molecule has 1 aliphatic carbocycles. The number of aromatic nitrogens is 4. The molecule has 31 heavy (non-hydrogen) atoms. The molecule has 0 saturated heterocycles. The summed E-state index contributed by atoms with van der Waals surface area (Å²) in [6.45, 7) is 3.52. The Morgan fingerprint density at radius 2 is 2.06 bits per heavy atom. The minimum atomic E-state index is -0.0221. The van der Waals surface area contributed by atoms with E-state index in [1.165, 1.54) is 5.56 Å². The van der Waals surface area contributed by atoms with Gasteiger partial charge in [0, 0.05) is 18.8 Å². The van der Waals surface area contributed by atoms with Crippen molar-refractivity contribution in [1.29, 1.82) is 0 Å². The third-order valence-corrected chi connectivity index (χ3v) is 5.82. The number of nitrogens with two attached hydrogens (primary N) is 1. The lowest BCUT2D eigenvalue weighted by molar-refractivity contribution is -0.119. The van der Waals surface area contributed by atoms with Gasteiger partial charge in [0.25, 0.3) is 0 Å². The van der Waals surface area contributed by atoms with E-state index < -0.39 is 0 Å². The van der Waals surface area contributed by atoms with E-state index in [-0.39, 0.29) is 11.9 Å². The molecule has 0 unspecified atom stereocenters. The van der Waals surface area contributed by atoms with Crippen molar-refractivity contribution in [2.24, 2.45) is 0 Å². The van der Waals surface area contributed by atoms with Crippen LogP contribution in [0.5, 0.6) is 0 Å². The minimum Gasteiger partial charge on any atom is -0.383 e. The molecule has 0 spiro atoms. The van der Waals surface area contributed by atoms with Crippen LogP contribution in [-0.2, 0) is 11.2 Å². The first kappa shape index (κ1) is 19.5. The Balaban J connectivity index is 1.72. The van der Waals surface area contributed by atoms with E-state index in [2.05, 4.69) is 27.4 Å². The molecule has 1 atom stereocenters. The summed E-state index contributed by atoms with van der Waals surface area (Å²) in [6.07, 6.45) is 3.51. The number of fused-ring (bicyclic) bond motifs is 2. The van der Waals surface area contributed by atoms with E-state index in [1.54, 1.807) is 19.2 Å². The Labute approximate surface area is 184 Å². The zero-order valence-electron chi connectivity index (χ0n) is 17.2. The van der Waals surface area contributed by atoms with Gasteiger partial charge in [-0.1, -0.05) is 17.7 Å². The first-order valence-electron chi connectivity index (χ1n) is 10.1. The molecular formula is C23H21ClN6O. The lowest BCUT2D eigenvalue weighted by Gasteiger charge is -2.15. The maximum atomic E-state index is 11.5. The zero-order valence-corrected chi connectivity index (χ0v) is 17.9. The van der Waals surface area contributed by atoms with Crippen LogP contribution in [0.25, 0.3) is 28.2 Å². The third-order valence-electron chi connectivity index (χ3n) is 5.61. The number of halogens is 1. The van der Waals surface area contributed by atoms with Crippen LogP contribution < -0.4 is 11.1 Å². The summed E-state index contributed by atoms with van der Waals surface area (Å²) in [5, 5.41) is 3.42. The molecule has 0 radical (unpaired) electrons. The molecular weight excluding hydrogens is 412 g/mol. The second-order valence-corrected chi connectivity index (χ2v) is 8.26. The van der Waals surface area contributed by atoms with E-state index in [1.807, 2.05) is 29.7 Å². The molecule has 0 saturated carbocycles. The highest BCUT2D eigenvalue weighted by molar-refractivity contribution is 6.29. The number of nitrogens with zero attached hydrogens (tertiary/aromatic N) is 4. The number of hydrogen-bond acceptors (Lipinski definition) is 5. The molecule has 8 heteroatoms. The quantitative estimate of drug-likeness (QED) is 0.474. The number of rotatable bonds is 3. The fraction of sp³-hybridized carbons (Fsp3) is 0.217. The van der Waals surface area contributed by atoms with Crippen LogP contribution in [0.15, 0.2) is 42.6 Å². The number of carbonyl (C=O) groups is 1. The van der Waals surface area contributed by atoms with Gasteiger partial charge < -0.3 is 11.1 Å². The smallest absolute Gasteiger partial charge is 0.217 e. The molecule has 7 nitrogen and oxygen atoms in total. The van der Waals surface area contributed by atoms with Crippen molar-refractivity contribution in [2.45, 2.75) is 32.7 Å². The first-order valence-corrected chi connectivity index (χ1v) is 10.5. The van der Waals surface area contributed by atoms with E-state index in [9.17, 15) is 4.79 Å². The number of hydrogen-bond donors (Lipinski definition) is 2. The van der Waals surface area contributed by atoms with Gasteiger partial charge in [-0.2, -0.15) is 0 Å². The average molecular weight is 433 g/mol. The number of nitrogen functional groups attached to an aromatic ring is 1. The van der Waals surface area contributed by atoms with Gasteiger partial charge in [-0.25, -0.2) is 15.0 Å². The Kier molecular flexibility index (Phi) is 4.63. The van der Waals surface area contributed by atoms with Crippen LogP contribution in [-0.4, -0.2) is 25.4 Å². The van der Waals surface area contributed by atoms with Crippen molar-refractivity contribution in [2.75, 3.05) is 5.73 Å². The van der Waals surface area contributed by atoms with E-state index in [0.29, 0.717) is 22.4 Å². The van der Waals surface area contributed by atoms with Crippen LogP contribution >= 0.6 is 11.6 Å². The number of amides is 1. The van der Waals surface area contributed by atoms with Crippen LogP contribution in [0.3, 0.4) is 0 Å². The number of aryl methyl sites for hydroxylation is 2. The van der Waals surface area contributed by atoms with Gasteiger partial charge in [0.1, 0.15) is 16.5 Å². The predicted molar refractivity (Wildman–Crippen MR) is 121 cm³/mol. The van der Waals surface area contributed by atoms with E-state index in [0.717, 1.165) is 40.7 Å². The van der Waals surface area contributed by atoms with Crippen LogP contribution in [0.2, 0.25) is 5.15 Å². The predicted octanol–water partition coefficient (Wildman–Crippen LogP) is 4.15. The Morgan fingerprint density at radius 1 is 1.23 bits per heavy atom. The Bertz CT molecular complexity index is 1350. The lowest BCUT2D eigenvalue weighted by atomic mass is 10.1. The maximum absolute atomic E-state index is 11.5. The number of anilines is 1. The first-order chi connectivity index (χ1) is 14.9. The fourth-order valence-corrected chi connectivity index (χ4v) is 4.40. The molecule has 0 aliphatic heterocycles. The van der Waals surface area contributed by atoms with Gasteiger partial charge in [0.05, 0.1) is 11.6 Å². The normalized spacial score (nSPS) is 15.3. The second kappa shape index (κ2) is 7.35. The van der Waals surface area contributed by atoms with Gasteiger partial charge in [-0.05, 0) is 66.8 Å². The highest BCUT2D eigenvalue weighted by atomic mass is 35.5. The monoisotopic (exact) mass is 432 g/mol. The summed E-state index contributed by atoms with van der Waals surface area (Å²) < 4.78 is 1.97. The second-order valence-electron chi connectivity index (χ2n) is 7.87. The number of benzene rings is 1. The molecule has 1 aromatic carbocycles. The van der Waals surface area contributed by atoms with Crippen molar-refractivity contribution in [3.8, 4) is 17.1 Å². The number of nitrogens with one attached hydrogen (secondary N) is 1. The molecule has 1 amide bonds. The van der Waals surface area contributed by atoms with Gasteiger partial charge in [-0.15, -0.1) is 0 Å². The summed E-state index contributed by atoms with van der Waals surface area (Å²) >= 11 is 6.22. The molecule has 3 heterocycles. The topological polar surface area (TPSA) is 98.7 Å². The highest BCUT2D eigenvalue weighted by Gasteiger charge is 2.25. The van der Waals surface area contributed by atoms with Gasteiger partial charge in [0.2, 0.25) is 5.91 Å². The standard InChI is InChI=1S/C23H21ClN6O/c1-12-9-17(21(25)26-11-12)22-28-19-7-8-20(24)29-23(19)30(22)15-4-5-16-14(10-15)3-6-18(16)27-13(2)31/h4-5,7-11,18H,3,6H2,1-2H3,(H2,25,26)(H,27,31)/t18-/m0/s1. The molecule has 1 aliphatic rings. The molecule has 3 aromatic heterocycles. The summed E-state index contributed by atoms with van der Waals surface area (Å²) in [7, 11) is 0. The summed E-state index contributed by atoms with van der Waals surface area (Å²) in [5.41, 5.74) is 12.6. The molecule has 3 N–H and O–H groups in total. The Hall–Kier alpha value is -3.45. The molecule has 4 aromatic rings. The largest absolute Gasteiger partial charge is 0.383 e. The van der Waals surface area contributed by atoms with Crippen molar-refractivity contribution < 1.29 is 4.79 Å². The number of pyridine rings is 2. The van der Waals surface area contributed by atoms with Crippen LogP contribution in [0, 0.1) is 6.92 Å². The third kappa shape index (κ3) is 3.41. The fourth-order valence-electron chi connectivity index (χ4n) is 4.26. The van der Waals surface area contributed by atoms with Gasteiger partial charge >= 0.3 is 0 Å². The summed E-state index contributed by atoms with van der Waals surface area (Å²) in [4.78, 5) is 25.2. The molecule has 5 rings (SSSR count). The zero-order chi connectivity index (χ0) is 21.7. The van der Waals surface area contributed by atoms with Crippen molar-refractivity contribution in [3.63, 3.8) is 0 Å². The number of imidazole rings is 1. The molecule has 0 bridgehead atoms. The molecule has 156 valence electrons. The SMILES string of the molecule is CC(=O)N[C@H]1CCc2cc(-n3c(-c4cc(C)cnc4N)nc4ccc(Cl)nc43)ccc21. The summed E-state index contributed by atoms with van der Waals surface area (Å²) in [6, 6.07) is 11.8. The Morgan fingerprint density at radius 3 is 2.87 bits per heavy atom. The van der Waals surface area contributed by atoms with Gasteiger partial charge in [0.15, 0.2) is 11.5 Å². The van der Waals surface area contributed by atoms with Gasteiger partial charge in [-0.3, -0.25) is 9.36 Å². The van der Waals surface area contributed by atoms with Crippen molar-refractivity contribution in [3.05, 3.63) is 64.4 Å². The number of carbonyl (C=O) groups excluding carboxylic acids is 1. The van der Waals surface area contributed by atoms with Crippen LogP contribution in [0.4, 0.5) is 5.82 Å².